The molecule has 34 heavy (non-hydrogen) atoms. The summed E-state index contributed by atoms with van der Waals surface area (Å²) in [4.78, 5) is 40.9. The Bertz CT molecular complexity index is 982. The molecule has 1 atom stereocenters. The van der Waals surface area contributed by atoms with Crippen LogP contribution in [-0.2, 0) is 9.59 Å². The number of hydrogen-bond donors (Lipinski definition) is 3. The van der Waals surface area contributed by atoms with Gasteiger partial charge in [-0.25, -0.2) is 10.3 Å². The highest BCUT2D eigenvalue weighted by Gasteiger charge is 2.36. The molecule has 0 aromatic heterocycles. The first-order valence-electron chi connectivity index (χ1n) is 11.5. The van der Waals surface area contributed by atoms with Crippen LogP contribution in [0.5, 0.6) is 11.5 Å². The number of amides is 4. The number of ether oxygens (including phenoxy) is 1. The fourth-order valence-electron chi connectivity index (χ4n) is 3.80. The van der Waals surface area contributed by atoms with Crippen LogP contribution in [0.2, 0.25) is 0 Å². The van der Waals surface area contributed by atoms with E-state index in [1.54, 1.807) is 29.7 Å². The Morgan fingerprint density at radius 1 is 1.12 bits per heavy atom. The van der Waals surface area contributed by atoms with Crippen molar-refractivity contribution in [2.75, 3.05) is 25.0 Å². The van der Waals surface area contributed by atoms with Gasteiger partial charge in [-0.3, -0.25) is 14.8 Å². The first kappa shape index (κ1) is 25.0. The Balaban J connectivity index is 1.67. The number of hydrogen-bond acceptors (Lipinski definition) is 5. The molecular formula is C25H32N4O5. The van der Waals surface area contributed by atoms with Crippen molar-refractivity contribution in [1.82, 2.24) is 15.3 Å². The summed E-state index contributed by atoms with van der Waals surface area (Å²) in [6.45, 7) is 4.55. The Hall–Kier alpha value is -3.59. The van der Waals surface area contributed by atoms with Crippen LogP contribution in [0.25, 0.3) is 0 Å². The highest BCUT2D eigenvalue weighted by molar-refractivity contribution is 5.97. The van der Waals surface area contributed by atoms with Crippen LogP contribution in [0.1, 0.15) is 33.1 Å². The zero-order valence-electron chi connectivity index (χ0n) is 19.6. The summed E-state index contributed by atoms with van der Waals surface area (Å²) in [7, 11) is 0. The van der Waals surface area contributed by atoms with Crippen LogP contribution in [-0.4, -0.2) is 58.5 Å². The van der Waals surface area contributed by atoms with Gasteiger partial charge in [0, 0.05) is 24.8 Å². The van der Waals surface area contributed by atoms with Gasteiger partial charge in [-0.15, -0.1) is 0 Å². The standard InChI is InChI=1S/C25H32N4O5/c1-18(2)13-15-28(17-23(30)27-33)25(32)29-14-7-12-22(29)24(31)26-19-8-6-11-21(16-19)34-20-9-4-3-5-10-20/h3-6,8-11,16,18,22,33H,7,12-15,17H2,1-2H3,(H,26,31)(H,27,30)/t22-/m0/s1. The first-order chi connectivity index (χ1) is 16.4. The van der Waals surface area contributed by atoms with Crippen molar-refractivity contribution in [3.8, 4) is 11.5 Å². The maximum absolute atomic E-state index is 13.2. The molecule has 3 rings (SSSR count). The topological polar surface area (TPSA) is 111 Å². The third-order valence-corrected chi connectivity index (χ3v) is 5.59. The minimum Gasteiger partial charge on any atom is -0.457 e. The van der Waals surface area contributed by atoms with Gasteiger partial charge in [0.15, 0.2) is 0 Å². The average Bonchev–Trinajstić information content (AvgIpc) is 3.32. The molecule has 9 heteroatoms. The van der Waals surface area contributed by atoms with Crippen molar-refractivity contribution in [3.63, 3.8) is 0 Å². The van der Waals surface area contributed by atoms with E-state index in [-0.39, 0.29) is 18.5 Å². The molecule has 0 spiro atoms. The lowest BCUT2D eigenvalue weighted by Crippen LogP contribution is -2.51. The highest BCUT2D eigenvalue weighted by Crippen LogP contribution is 2.25. The smallest absolute Gasteiger partial charge is 0.321 e. The molecule has 1 aliphatic heterocycles. The summed E-state index contributed by atoms with van der Waals surface area (Å²) >= 11 is 0. The maximum atomic E-state index is 13.2. The van der Waals surface area contributed by atoms with Gasteiger partial charge in [-0.2, -0.15) is 0 Å². The molecule has 2 aromatic rings. The second-order valence-corrected chi connectivity index (χ2v) is 8.71. The number of likely N-dealkylation sites (tertiary alicyclic amines) is 1. The van der Waals surface area contributed by atoms with Gasteiger partial charge in [0.25, 0.3) is 5.91 Å². The third-order valence-electron chi connectivity index (χ3n) is 5.59. The van der Waals surface area contributed by atoms with Gasteiger partial charge < -0.3 is 19.9 Å². The SMILES string of the molecule is CC(C)CCN(CC(=O)NO)C(=O)N1CCC[C@H]1C(=O)Nc1cccc(Oc2ccccc2)c1. The van der Waals surface area contributed by atoms with Crippen molar-refractivity contribution < 1.29 is 24.3 Å². The van der Waals surface area contributed by atoms with Crippen molar-refractivity contribution >= 4 is 23.5 Å². The number of carbonyl (C=O) groups is 3. The normalized spacial score (nSPS) is 15.2. The Morgan fingerprint density at radius 2 is 1.85 bits per heavy atom. The van der Waals surface area contributed by atoms with Crippen LogP contribution < -0.4 is 15.5 Å². The van der Waals surface area contributed by atoms with Gasteiger partial charge in [0.2, 0.25) is 5.91 Å². The maximum Gasteiger partial charge on any atom is 0.321 e. The van der Waals surface area contributed by atoms with Gasteiger partial charge in [-0.1, -0.05) is 38.1 Å². The second-order valence-electron chi connectivity index (χ2n) is 8.71. The van der Waals surface area contributed by atoms with Crippen LogP contribution in [0.4, 0.5) is 10.5 Å². The molecule has 1 aliphatic rings. The monoisotopic (exact) mass is 468 g/mol. The van der Waals surface area contributed by atoms with Crippen LogP contribution in [0.15, 0.2) is 54.6 Å². The number of anilines is 1. The summed E-state index contributed by atoms with van der Waals surface area (Å²) in [6.07, 6.45) is 1.91. The lowest BCUT2D eigenvalue weighted by molar-refractivity contribution is -0.129. The average molecular weight is 469 g/mol. The number of para-hydroxylation sites is 1. The number of nitrogens with zero attached hydrogens (tertiary/aromatic N) is 2. The lowest BCUT2D eigenvalue weighted by atomic mass is 10.1. The Morgan fingerprint density at radius 3 is 2.56 bits per heavy atom. The molecule has 0 bridgehead atoms. The Kier molecular flexibility index (Phi) is 8.86. The van der Waals surface area contributed by atoms with E-state index >= 15 is 0 Å². The third kappa shape index (κ3) is 6.95. The highest BCUT2D eigenvalue weighted by atomic mass is 16.5. The van der Waals surface area contributed by atoms with E-state index in [0.717, 1.165) is 0 Å². The summed E-state index contributed by atoms with van der Waals surface area (Å²) < 4.78 is 5.83. The van der Waals surface area contributed by atoms with E-state index in [0.29, 0.717) is 55.5 Å². The fourth-order valence-corrected chi connectivity index (χ4v) is 3.80. The predicted molar refractivity (Wildman–Crippen MR) is 128 cm³/mol. The molecule has 1 heterocycles. The molecule has 9 nitrogen and oxygen atoms in total. The summed E-state index contributed by atoms with van der Waals surface area (Å²) in [5, 5.41) is 11.8. The molecule has 4 amide bonds. The van der Waals surface area contributed by atoms with E-state index in [1.165, 1.54) is 9.80 Å². The number of rotatable bonds is 9. The fraction of sp³-hybridized carbons (Fsp3) is 0.400. The van der Waals surface area contributed by atoms with E-state index in [1.807, 2.05) is 44.2 Å². The zero-order valence-corrected chi connectivity index (χ0v) is 19.6. The molecular weight excluding hydrogens is 436 g/mol. The summed E-state index contributed by atoms with van der Waals surface area (Å²) in [5.41, 5.74) is 2.14. The molecule has 0 radical (unpaired) electrons. The van der Waals surface area contributed by atoms with E-state index in [4.69, 9.17) is 9.94 Å². The van der Waals surface area contributed by atoms with Crippen LogP contribution in [0.3, 0.4) is 0 Å². The molecule has 1 saturated heterocycles. The van der Waals surface area contributed by atoms with Crippen LogP contribution >= 0.6 is 0 Å². The van der Waals surface area contributed by atoms with Crippen molar-refractivity contribution in [3.05, 3.63) is 54.6 Å². The van der Waals surface area contributed by atoms with Crippen molar-refractivity contribution in [2.45, 2.75) is 39.2 Å². The minimum atomic E-state index is -0.674. The largest absolute Gasteiger partial charge is 0.457 e. The van der Waals surface area contributed by atoms with Crippen LogP contribution in [0, 0.1) is 5.92 Å². The number of urea groups is 1. The quantitative estimate of drug-likeness (QED) is 0.382. The minimum absolute atomic E-state index is 0.272. The van der Waals surface area contributed by atoms with Gasteiger partial charge in [-0.05, 0) is 49.4 Å². The number of hydroxylamine groups is 1. The second kappa shape index (κ2) is 12.0. The summed E-state index contributed by atoms with van der Waals surface area (Å²) in [5.74, 6) is 0.631. The molecule has 3 N–H and O–H groups in total. The molecule has 182 valence electrons. The molecule has 1 fully saturated rings. The zero-order chi connectivity index (χ0) is 24.5. The van der Waals surface area contributed by atoms with E-state index < -0.39 is 11.9 Å². The number of carbonyl (C=O) groups excluding carboxylic acids is 3. The first-order valence-corrected chi connectivity index (χ1v) is 11.5. The van der Waals surface area contributed by atoms with E-state index in [2.05, 4.69) is 5.32 Å². The number of nitrogens with one attached hydrogen (secondary N) is 2. The molecule has 0 saturated carbocycles. The summed E-state index contributed by atoms with van der Waals surface area (Å²) in [6, 6.07) is 15.4. The van der Waals surface area contributed by atoms with Gasteiger partial charge in [0.05, 0.1) is 0 Å². The lowest BCUT2D eigenvalue weighted by Gasteiger charge is -2.31. The molecule has 0 aliphatic carbocycles. The number of benzene rings is 2. The Labute approximate surface area is 199 Å². The van der Waals surface area contributed by atoms with E-state index in [9.17, 15) is 14.4 Å². The molecule has 0 unspecified atom stereocenters. The molecule has 2 aromatic carbocycles. The van der Waals surface area contributed by atoms with Crippen molar-refractivity contribution in [1.29, 1.82) is 0 Å². The van der Waals surface area contributed by atoms with Gasteiger partial charge >= 0.3 is 6.03 Å². The van der Waals surface area contributed by atoms with Crippen molar-refractivity contribution in [2.24, 2.45) is 5.92 Å². The van der Waals surface area contributed by atoms with Gasteiger partial charge in [0.1, 0.15) is 24.1 Å². The predicted octanol–water partition coefficient (Wildman–Crippen LogP) is 3.86.